The van der Waals surface area contributed by atoms with Crippen molar-refractivity contribution in [2.24, 2.45) is 0 Å². The zero-order chi connectivity index (χ0) is 14.0. The first kappa shape index (κ1) is 14.1. The zero-order valence-electron chi connectivity index (χ0n) is 11.2. The number of ketones is 1. The number of Topliss-reactive ketones (excluding diaryl/α,β-unsaturated/α-hetero) is 1. The Labute approximate surface area is 116 Å². The van der Waals surface area contributed by atoms with Crippen molar-refractivity contribution in [3.05, 3.63) is 4.88 Å². The number of carbonyl (C=O) groups excluding carboxylic acids is 1. The van der Waals surface area contributed by atoms with Crippen LogP contribution in [0.2, 0.25) is 0 Å². The Hall–Kier alpha value is -1.27. The Morgan fingerprint density at radius 3 is 2.58 bits per heavy atom. The lowest BCUT2D eigenvalue weighted by molar-refractivity contribution is 0.102. The van der Waals surface area contributed by atoms with Crippen LogP contribution in [0, 0.1) is 0 Å². The summed E-state index contributed by atoms with van der Waals surface area (Å²) in [6.07, 6.45) is 3.26. The Balaban J connectivity index is 2.15. The summed E-state index contributed by atoms with van der Waals surface area (Å²) in [5, 5.41) is 13.7. The van der Waals surface area contributed by atoms with Gasteiger partial charge in [0.15, 0.2) is 11.5 Å². The molecular formula is C13H20N2O3S. The van der Waals surface area contributed by atoms with E-state index in [0.29, 0.717) is 22.4 Å². The monoisotopic (exact) mass is 284 g/mol. The van der Waals surface area contributed by atoms with Gasteiger partial charge in [-0.25, -0.2) is 0 Å². The molecule has 0 amide bonds. The van der Waals surface area contributed by atoms with Crippen LogP contribution in [0.1, 0.15) is 42.3 Å². The zero-order valence-corrected chi connectivity index (χ0v) is 12.0. The van der Waals surface area contributed by atoms with Gasteiger partial charge in [-0.15, -0.1) is 11.3 Å². The summed E-state index contributed by atoms with van der Waals surface area (Å²) in [7, 11) is 1.55. The van der Waals surface area contributed by atoms with Crippen molar-refractivity contribution in [1.82, 2.24) is 0 Å². The molecule has 6 heteroatoms. The normalized spacial score (nSPS) is 23.1. The number of thiophene rings is 1. The summed E-state index contributed by atoms with van der Waals surface area (Å²) in [6.45, 7) is 1.50. The molecule has 1 aliphatic carbocycles. The molecule has 1 aromatic heterocycles. The van der Waals surface area contributed by atoms with E-state index < -0.39 is 0 Å². The number of nitrogen functional groups attached to an aromatic ring is 1. The lowest BCUT2D eigenvalue weighted by Crippen LogP contribution is -2.27. The molecule has 0 bridgehead atoms. The van der Waals surface area contributed by atoms with E-state index in [1.165, 1.54) is 18.3 Å². The summed E-state index contributed by atoms with van der Waals surface area (Å²) in [4.78, 5) is 12.0. The minimum atomic E-state index is -0.180. The van der Waals surface area contributed by atoms with E-state index in [0.717, 1.165) is 30.7 Å². The maximum absolute atomic E-state index is 11.5. The Kier molecular flexibility index (Phi) is 4.31. The fourth-order valence-corrected chi connectivity index (χ4v) is 3.46. The van der Waals surface area contributed by atoms with Crippen LogP contribution in [0.25, 0.3) is 0 Å². The number of anilines is 2. The molecule has 0 aromatic carbocycles. The van der Waals surface area contributed by atoms with E-state index in [1.807, 2.05) is 0 Å². The number of aliphatic hydroxyl groups excluding tert-OH is 1. The summed E-state index contributed by atoms with van der Waals surface area (Å²) in [5.41, 5.74) is 6.34. The highest BCUT2D eigenvalue weighted by molar-refractivity contribution is 7.19. The average Bonchev–Trinajstić information content (AvgIpc) is 2.68. The van der Waals surface area contributed by atoms with Crippen molar-refractivity contribution in [3.63, 3.8) is 0 Å². The highest BCUT2D eigenvalue weighted by atomic mass is 32.1. The van der Waals surface area contributed by atoms with Gasteiger partial charge < -0.3 is 20.9 Å². The maximum Gasteiger partial charge on any atom is 0.176 e. The third-order valence-corrected chi connectivity index (χ3v) is 4.67. The van der Waals surface area contributed by atoms with Crippen molar-refractivity contribution in [2.45, 2.75) is 44.8 Å². The molecule has 106 valence electrons. The Morgan fingerprint density at radius 2 is 2.05 bits per heavy atom. The molecule has 2 rings (SSSR count). The average molecular weight is 284 g/mol. The number of nitrogens with one attached hydrogen (secondary N) is 1. The molecule has 0 aliphatic heterocycles. The summed E-state index contributed by atoms with van der Waals surface area (Å²) in [6, 6.07) is 0.301. The van der Waals surface area contributed by atoms with Gasteiger partial charge in [0.2, 0.25) is 0 Å². The van der Waals surface area contributed by atoms with Gasteiger partial charge in [0.25, 0.3) is 0 Å². The number of rotatable bonds is 4. The fraction of sp³-hybridized carbons (Fsp3) is 0.615. The van der Waals surface area contributed by atoms with Crippen LogP contribution in [0.4, 0.5) is 10.7 Å². The van der Waals surface area contributed by atoms with Gasteiger partial charge >= 0.3 is 0 Å². The molecule has 19 heavy (non-hydrogen) atoms. The van der Waals surface area contributed by atoms with E-state index in [-0.39, 0.29) is 11.9 Å². The predicted molar refractivity (Wildman–Crippen MR) is 77.2 cm³/mol. The van der Waals surface area contributed by atoms with Gasteiger partial charge in [0, 0.05) is 13.0 Å². The predicted octanol–water partition coefficient (Wildman–Crippen LogP) is 2.26. The van der Waals surface area contributed by atoms with Crippen molar-refractivity contribution < 1.29 is 14.6 Å². The summed E-state index contributed by atoms with van der Waals surface area (Å²) in [5.74, 6) is 0.509. The minimum absolute atomic E-state index is 0.0482. The van der Waals surface area contributed by atoms with Crippen LogP contribution in [0.5, 0.6) is 5.75 Å². The molecule has 0 saturated heterocycles. The third kappa shape index (κ3) is 3.01. The van der Waals surface area contributed by atoms with Crippen LogP contribution in [-0.2, 0) is 0 Å². The summed E-state index contributed by atoms with van der Waals surface area (Å²) < 4.78 is 5.29. The third-order valence-electron chi connectivity index (χ3n) is 3.46. The molecule has 1 heterocycles. The molecule has 1 aromatic rings. The van der Waals surface area contributed by atoms with Gasteiger partial charge in [-0.05, 0) is 25.7 Å². The number of aliphatic hydroxyl groups is 1. The molecular weight excluding hydrogens is 264 g/mol. The molecule has 1 saturated carbocycles. The highest BCUT2D eigenvalue weighted by Crippen LogP contribution is 2.43. The molecule has 5 nitrogen and oxygen atoms in total. The van der Waals surface area contributed by atoms with Crippen molar-refractivity contribution >= 4 is 27.8 Å². The standard InChI is InChI=1S/C13H20N2O3S/c1-7(16)12-10(14)11(18-2)13(19-12)15-8-3-5-9(17)6-4-8/h8-9,15,17H,3-6,14H2,1-2H3. The second kappa shape index (κ2) is 5.79. The van der Waals surface area contributed by atoms with Gasteiger partial charge in [-0.3, -0.25) is 4.79 Å². The largest absolute Gasteiger partial charge is 0.492 e. The molecule has 1 fully saturated rings. The van der Waals surface area contributed by atoms with Crippen LogP contribution >= 0.6 is 11.3 Å². The van der Waals surface area contributed by atoms with Crippen LogP contribution < -0.4 is 15.8 Å². The number of ether oxygens (including phenoxy) is 1. The first-order valence-corrected chi connectivity index (χ1v) is 7.26. The fourth-order valence-electron chi connectivity index (χ4n) is 2.39. The van der Waals surface area contributed by atoms with E-state index in [2.05, 4.69) is 5.32 Å². The van der Waals surface area contributed by atoms with E-state index in [4.69, 9.17) is 10.5 Å². The number of carbonyl (C=O) groups is 1. The topological polar surface area (TPSA) is 84.6 Å². The molecule has 1 aliphatic rings. The number of hydrogen-bond acceptors (Lipinski definition) is 6. The number of methoxy groups -OCH3 is 1. The van der Waals surface area contributed by atoms with Crippen molar-refractivity contribution in [2.75, 3.05) is 18.2 Å². The number of nitrogens with two attached hydrogens (primary N) is 1. The van der Waals surface area contributed by atoms with Crippen molar-refractivity contribution in [1.29, 1.82) is 0 Å². The van der Waals surface area contributed by atoms with Crippen molar-refractivity contribution in [3.8, 4) is 5.75 Å². The van der Waals surface area contributed by atoms with E-state index in [1.54, 1.807) is 7.11 Å². The molecule has 0 spiro atoms. The Bertz CT molecular complexity index is 465. The molecule has 4 N–H and O–H groups in total. The highest BCUT2D eigenvalue weighted by Gasteiger charge is 2.24. The van der Waals surface area contributed by atoms with Gasteiger partial charge in [0.05, 0.1) is 23.8 Å². The van der Waals surface area contributed by atoms with Crippen LogP contribution in [-0.4, -0.2) is 30.1 Å². The van der Waals surface area contributed by atoms with Crippen LogP contribution in [0.3, 0.4) is 0 Å². The number of hydrogen-bond donors (Lipinski definition) is 3. The lowest BCUT2D eigenvalue weighted by atomic mass is 9.93. The minimum Gasteiger partial charge on any atom is -0.492 e. The smallest absolute Gasteiger partial charge is 0.176 e. The lowest BCUT2D eigenvalue weighted by Gasteiger charge is -2.26. The molecule has 0 atom stereocenters. The van der Waals surface area contributed by atoms with Gasteiger partial charge in [-0.1, -0.05) is 0 Å². The first-order chi connectivity index (χ1) is 9.02. The molecule has 0 radical (unpaired) electrons. The summed E-state index contributed by atoms with van der Waals surface area (Å²) >= 11 is 1.34. The Morgan fingerprint density at radius 1 is 1.42 bits per heavy atom. The van der Waals surface area contributed by atoms with E-state index >= 15 is 0 Å². The van der Waals surface area contributed by atoms with Gasteiger partial charge in [-0.2, -0.15) is 0 Å². The van der Waals surface area contributed by atoms with Gasteiger partial charge in [0.1, 0.15) is 5.00 Å². The first-order valence-electron chi connectivity index (χ1n) is 6.44. The molecule has 0 unspecified atom stereocenters. The maximum atomic E-state index is 11.5. The van der Waals surface area contributed by atoms with E-state index in [9.17, 15) is 9.90 Å². The SMILES string of the molecule is COc1c(NC2CCC(O)CC2)sc(C(C)=O)c1N. The quantitative estimate of drug-likeness (QED) is 0.738. The second-order valence-corrected chi connectivity index (χ2v) is 5.93. The van der Waals surface area contributed by atoms with Crippen LogP contribution in [0.15, 0.2) is 0 Å². The second-order valence-electron chi connectivity index (χ2n) is 4.91.